The molecule has 1 atom stereocenters. The quantitative estimate of drug-likeness (QED) is 0.836. The first-order valence-corrected chi connectivity index (χ1v) is 7.70. The molecular formula is C13H23N3OS. The lowest BCUT2D eigenvalue weighted by Gasteiger charge is -2.20. The number of rotatable bonds is 5. The highest BCUT2D eigenvalue weighted by Gasteiger charge is 2.17. The van der Waals surface area contributed by atoms with Gasteiger partial charge in [0.05, 0.1) is 10.9 Å². The van der Waals surface area contributed by atoms with Gasteiger partial charge in [0.15, 0.2) is 0 Å². The van der Waals surface area contributed by atoms with Crippen molar-refractivity contribution in [3.05, 3.63) is 24.3 Å². The number of nitrogens with zero attached hydrogens (tertiary/aromatic N) is 2. The molecule has 18 heavy (non-hydrogen) atoms. The molecule has 5 heteroatoms. The standard InChI is InChI=1S/C13H23N3OS/c1-5-12(6-2)15-18(17,16(3)4)13-9-7-8-11(14)10-13/h7-10,12H,5-6,14H2,1-4H3. The average molecular weight is 269 g/mol. The van der Waals surface area contributed by atoms with Crippen molar-refractivity contribution in [2.45, 2.75) is 37.6 Å². The van der Waals surface area contributed by atoms with Crippen LogP contribution in [0.4, 0.5) is 5.69 Å². The first-order valence-electron chi connectivity index (χ1n) is 6.23. The number of anilines is 1. The second-order valence-corrected chi connectivity index (χ2v) is 6.86. The van der Waals surface area contributed by atoms with E-state index in [2.05, 4.69) is 18.2 Å². The average Bonchev–Trinajstić information content (AvgIpc) is 2.35. The summed E-state index contributed by atoms with van der Waals surface area (Å²) in [6.07, 6.45) is 1.79. The van der Waals surface area contributed by atoms with Crippen molar-refractivity contribution in [1.29, 1.82) is 0 Å². The number of hydrogen-bond acceptors (Lipinski definition) is 3. The highest BCUT2D eigenvalue weighted by atomic mass is 32.2. The molecule has 1 aromatic carbocycles. The van der Waals surface area contributed by atoms with Crippen LogP contribution in [0.5, 0.6) is 0 Å². The smallest absolute Gasteiger partial charge is 0.139 e. The monoisotopic (exact) mass is 269 g/mol. The van der Waals surface area contributed by atoms with Crippen LogP contribution in [0, 0.1) is 0 Å². The number of benzene rings is 1. The van der Waals surface area contributed by atoms with E-state index in [0.717, 1.165) is 12.8 Å². The summed E-state index contributed by atoms with van der Waals surface area (Å²) in [6.45, 7) is 4.12. The van der Waals surface area contributed by atoms with Gasteiger partial charge in [0.1, 0.15) is 9.92 Å². The topological polar surface area (TPSA) is 58.7 Å². The molecule has 4 nitrogen and oxygen atoms in total. The van der Waals surface area contributed by atoms with Gasteiger partial charge in [0.2, 0.25) is 0 Å². The lowest BCUT2D eigenvalue weighted by Crippen LogP contribution is -2.24. The van der Waals surface area contributed by atoms with Crippen LogP contribution in [0.2, 0.25) is 0 Å². The summed E-state index contributed by atoms with van der Waals surface area (Å²) >= 11 is 0. The van der Waals surface area contributed by atoms with Gasteiger partial charge in [0, 0.05) is 19.8 Å². The molecule has 0 fully saturated rings. The summed E-state index contributed by atoms with van der Waals surface area (Å²) in [5.41, 5.74) is 6.38. The van der Waals surface area contributed by atoms with Crippen molar-refractivity contribution >= 4 is 15.6 Å². The zero-order chi connectivity index (χ0) is 13.8. The molecule has 0 bridgehead atoms. The van der Waals surface area contributed by atoms with E-state index in [-0.39, 0.29) is 6.04 Å². The van der Waals surface area contributed by atoms with Crippen LogP contribution in [0.15, 0.2) is 33.5 Å². The van der Waals surface area contributed by atoms with Gasteiger partial charge in [-0.3, -0.25) is 0 Å². The van der Waals surface area contributed by atoms with Crippen LogP contribution in [0.1, 0.15) is 26.7 Å². The summed E-state index contributed by atoms with van der Waals surface area (Å²) in [5, 5.41) is 0. The van der Waals surface area contributed by atoms with Crippen LogP contribution in [-0.2, 0) is 9.92 Å². The Morgan fingerprint density at radius 2 is 1.94 bits per heavy atom. The molecule has 1 rings (SSSR count). The first-order chi connectivity index (χ1) is 8.43. The molecule has 0 heterocycles. The molecule has 0 aliphatic rings. The summed E-state index contributed by atoms with van der Waals surface area (Å²) in [5.74, 6) is 0. The zero-order valence-corrected chi connectivity index (χ0v) is 12.4. The number of nitrogen functional groups attached to an aromatic ring is 1. The molecule has 0 spiro atoms. The Bertz CT molecular complexity index is 501. The maximum atomic E-state index is 13.1. The van der Waals surface area contributed by atoms with Gasteiger partial charge >= 0.3 is 0 Å². The van der Waals surface area contributed by atoms with Gasteiger partial charge < -0.3 is 5.73 Å². The second kappa shape index (κ2) is 6.20. The van der Waals surface area contributed by atoms with Gasteiger partial charge in [-0.2, -0.15) is 0 Å². The predicted molar refractivity (Wildman–Crippen MR) is 77.7 cm³/mol. The number of nitrogens with two attached hydrogens (primary N) is 1. The summed E-state index contributed by atoms with van der Waals surface area (Å²) in [6, 6.07) is 7.28. The number of hydrogen-bond donors (Lipinski definition) is 1. The van der Waals surface area contributed by atoms with Crippen molar-refractivity contribution < 1.29 is 4.21 Å². The van der Waals surface area contributed by atoms with E-state index in [1.165, 1.54) is 0 Å². The summed E-state index contributed by atoms with van der Waals surface area (Å²) in [4.78, 5) is 0.680. The predicted octanol–water partition coefficient (Wildman–Crippen LogP) is 2.76. The lowest BCUT2D eigenvalue weighted by molar-refractivity contribution is 0.570. The van der Waals surface area contributed by atoms with Gasteiger partial charge in [-0.1, -0.05) is 19.9 Å². The first kappa shape index (κ1) is 15.0. The molecule has 0 aliphatic heterocycles. The van der Waals surface area contributed by atoms with Crippen molar-refractivity contribution in [1.82, 2.24) is 4.31 Å². The molecule has 0 saturated heterocycles. The maximum Gasteiger partial charge on any atom is 0.139 e. The van der Waals surface area contributed by atoms with Crippen molar-refractivity contribution in [3.8, 4) is 0 Å². The largest absolute Gasteiger partial charge is 0.399 e. The molecule has 0 saturated carbocycles. The highest BCUT2D eigenvalue weighted by Crippen LogP contribution is 2.21. The van der Waals surface area contributed by atoms with E-state index in [1.54, 1.807) is 30.5 Å². The third-order valence-corrected chi connectivity index (χ3v) is 5.34. The second-order valence-electron chi connectivity index (χ2n) is 4.46. The maximum absolute atomic E-state index is 13.1. The van der Waals surface area contributed by atoms with E-state index in [0.29, 0.717) is 10.6 Å². The van der Waals surface area contributed by atoms with Gasteiger partial charge in [0.25, 0.3) is 0 Å². The minimum Gasteiger partial charge on any atom is -0.399 e. The fraction of sp³-hybridized carbons (Fsp3) is 0.538. The molecule has 1 unspecified atom stereocenters. The Kier molecular flexibility index (Phi) is 5.16. The Labute approximate surface area is 110 Å². The van der Waals surface area contributed by atoms with E-state index in [9.17, 15) is 4.21 Å². The fourth-order valence-corrected chi connectivity index (χ4v) is 3.67. The molecule has 1 aromatic rings. The van der Waals surface area contributed by atoms with Crippen LogP contribution >= 0.6 is 0 Å². The fourth-order valence-electron chi connectivity index (χ4n) is 1.69. The van der Waals surface area contributed by atoms with E-state index in [4.69, 9.17) is 5.73 Å². The molecule has 102 valence electrons. The van der Waals surface area contributed by atoms with E-state index in [1.807, 2.05) is 12.1 Å². The molecule has 0 amide bonds. The minimum atomic E-state index is -2.55. The van der Waals surface area contributed by atoms with Gasteiger partial charge in [-0.05, 0) is 31.0 Å². The zero-order valence-electron chi connectivity index (χ0n) is 11.6. The highest BCUT2D eigenvalue weighted by molar-refractivity contribution is 7.91. The molecule has 0 radical (unpaired) electrons. The van der Waals surface area contributed by atoms with E-state index >= 15 is 0 Å². The van der Waals surface area contributed by atoms with E-state index < -0.39 is 9.92 Å². The Morgan fingerprint density at radius 3 is 2.39 bits per heavy atom. The molecular weight excluding hydrogens is 246 g/mol. The minimum absolute atomic E-state index is 0.112. The lowest BCUT2D eigenvalue weighted by atomic mass is 10.2. The Morgan fingerprint density at radius 1 is 1.33 bits per heavy atom. The third-order valence-electron chi connectivity index (χ3n) is 2.89. The molecule has 0 aliphatic carbocycles. The SMILES string of the molecule is CCC(CC)N=S(=O)(c1cccc(N)c1)N(C)C. The Hall–Kier alpha value is -1.07. The van der Waals surface area contributed by atoms with Crippen LogP contribution in [0.3, 0.4) is 0 Å². The molecule has 0 aromatic heterocycles. The van der Waals surface area contributed by atoms with Crippen molar-refractivity contribution in [2.75, 3.05) is 19.8 Å². The van der Waals surface area contributed by atoms with Gasteiger partial charge in [-0.25, -0.2) is 12.9 Å². The molecule has 2 N–H and O–H groups in total. The summed E-state index contributed by atoms with van der Waals surface area (Å²) in [7, 11) is 1.03. The van der Waals surface area contributed by atoms with Crippen LogP contribution in [0.25, 0.3) is 0 Å². The third kappa shape index (κ3) is 3.23. The normalized spacial score (nSPS) is 14.8. The van der Waals surface area contributed by atoms with Crippen LogP contribution in [-0.4, -0.2) is 28.7 Å². The summed E-state index contributed by atoms with van der Waals surface area (Å²) < 4.78 is 19.3. The van der Waals surface area contributed by atoms with Crippen molar-refractivity contribution in [2.24, 2.45) is 4.36 Å². The Balaban J connectivity index is 3.37. The van der Waals surface area contributed by atoms with Crippen LogP contribution < -0.4 is 5.73 Å². The van der Waals surface area contributed by atoms with Gasteiger partial charge in [-0.15, -0.1) is 0 Å². The van der Waals surface area contributed by atoms with Crippen molar-refractivity contribution in [3.63, 3.8) is 0 Å².